The molecule has 0 saturated heterocycles. The van der Waals surface area contributed by atoms with Crippen LogP contribution in [0.1, 0.15) is 48.9 Å². The molecule has 0 aromatic heterocycles. The minimum Gasteiger partial charge on any atom is -0.492 e. The molecule has 4 aromatic carbocycles. The highest BCUT2D eigenvalue weighted by molar-refractivity contribution is 7.81. The Hall–Kier alpha value is -2.82. The molecule has 2 unspecified atom stereocenters. The molecule has 0 fully saturated rings. The van der Waals surface area contributed by atoms with Crippen LogP contribution in [0.4, 0.5) is 0 Å². The number of hydrogen-bond acceptors (Lipinski definition) is 4. The number of thiol groups is 2. The fraction of sp³-hybridized carbons (Fsp3) is 0.273. The topological polar surface area (TPSA) is 18.5 Å². The van der Waals surface area contributed by atoms with Crippen LogP contribution < -0.4 is 9.47 Å². The van der Waals surface area contributed by atoms with E-state index in [-0.39, 0.29) is 10.5 Å². The summed E-state index contributed by atoms with van der Waals surface area (Å²) in [6.45, 7) is 5.45. The lowest BCUT2D eigenvalue weighted by molar-refractivity contribution is 0.315. The van der Waals surface area contributed by atoms with E-state index in [2.05, 4.69) is 136 Å². The normalized spacial score (nSPS) is 14.9. The third-order valence-electron chi connectivity index (χ3n) is 7.35. The van der Waals surface area contributed by atoms with Crippen molar-refractivity contribution >= 4 is 25.3 Å². The Morgan fingerprint density at radius 1 is 0.568 bits per heavy atom. The van der Waals surface area contributed by atoms with Crippen molar-refractivity contribution in [3.8, 4) is 22.6 Å². The molecule has 0 radical (unpaired) electrons. The average molecular weight is 527 g/mol. The fourth-order valence-electron chi connectivity index (χ4n) is 5.25. The van der Waals surface area contributed by atoms with Crippen LogP contribution in [0.3, 0.4) is 0 Å². The molecule has 0 saturated carbocycles. The summed E-state index contributed by atoms with van der Waals surface area (Å²) in [7, 11) is 0. The van der Waals surface area contributed by atoms with E-state index in [0.29, 0.717) is 13.2 Å². The van der Waals surface area contributed by atoms with Gasteiger partial charge in [0.15, 0.2) is 0 Å². The number of ether oxygens (including phenoxy) is 2. The van der Waals surface area contributed by atoms with Crippen LogP contribution in [0.25, 0.3) is 11.1 Å². The lowest BCUT2D eigenvalue weighted by Crippen LogP contribution is -2.28. The summed E-state index contributed by atoms with van der Waals surface area (Å²) in [6.07, 6.45) is 1.95. The molecule has 0 aliphatic heterocycles. The van der Waals surface area contributed by atoms with E-state index in [1.54, 1.807) is 0 Å². The van der Waals surface area contributed by atoms with E-state index in [1.807, 2.05) is 0 Å². The minimum absolute atomic E-state index is 0.232. The maximum Gasteiger partial charge on any atom is 0.119 e. The van der Waals surface area contributed by atoms with Crippen LogP contribution in [-0.4, -0.2) is 23.7 Å². The Labute approximate surface area is 231 Å². The SMILES string of the molecule is CCC(S)COc1ccc(C2(c3ccc(OCC(S)CC)cc3)c3ccccc3-c3ccccc32)cc1. The molecule has 1 aliphatic carbocycles. The van der Waals surface area contributed by atoms with Crippen molar-refractivity contribution in [2.45, 2.75) is 42.6 Å². The zero-order chi connectivity index (χ0) is 25.8. The lowest BCUT2D eigenvalue weighted by Gasteiger charge is -2.34. The first-order valence-electron chi connectivity index (χ1n) is 13.1. The third-order valence-corrected chi connectivity index (χ3v) is 8.38. The molecule has 2 atom stereocenters. The molecule has 0 amide bonds. The van der Waals surface area contributed by atoms with E-state index in [9.17, 15) is 0 Å². The quantitative estimate of drug-likeness (QED) is 0.179. The lowest BCUT2D eigenvalue weighted by atomic mass is 9.68. The van der Waals surface area contributed by atoms with Crippen LogP contribution in [-0.2, 0) is 5.41 Å². The number of fused-ring (bicyclic) bond motifs is 3. The summed E-state index contributed by atoms with van der Waals surface area (Å²) >= 11 is 9.15. The van der Waals surface area contributed by atoms with Crippen molar-refractivity contribution in [2.24, 2.45) is 0 Å². The fourth-order valence-corrected chi connectivity index (χ4v) is 5.40. The second kappa shape index (κ2) is 11.3. The predicted molar refractivity (Wildman–Crippen MR) is 161 cm³/mol. The van der Waals surface area contributed by atoms with Crippen LogP contribution in [0.15, 0.2) is 97.1 Å². The molecule has 2 nitrogen and oxygen atoms in total. The summed E-state index contributed by atoms with van der Waals surface area (Å²) in [4.78, 5) is 0. The van der Waals surface area contributed by atoms with Crippen molar-refractivity contribution in [2.75, 3.05) is 13.2 Å². The molecule has 5 rings (SSSR count). The number of rotatable bonds is 10. The van der Waals surface area contributed by atoms with E-state index in [4.69, 9.17) is 9.47 Å². The second-order valence-corrected chi connectivity index (χ2v) is 11.1. The second-order valence-electron chi connectivity index (χ2n) is 9.64. The summed E-state index contributed by atoms with van der Waals surface area (Å²) < 4.78 is 12.1. The molecule has 37 heavy (non-hydrogen) atoms. The Balaban J connectivity index is 1.61. The molecular weight excluding hydrogens is 492 g/mol. The molecule has 0 bridgehead atoms. The molecule has 0 spiro atoms. The van der Waals surface area contributed by atoms with Gasteiger partial charge < -0.3 is 9.47 Å². The standard InChI is InChI=1S/C33H34O2S2/c1-3-27(36)21-34-25-17-13-23(14-18-25)33(24-15-19-26(20-16-24)35-22-28(37)4-2)31-11-7-5-9-29(31)30-10-6-8-12-32(30)33/h5-20,27-28,36-37H,3-4,21-22H2,1-2H3. The maximum absolute atomic E-state index is 6.03. The van der Waals surface area contributed by atoms with Crippen molar-refractivity contribution in [1.29, 1.82) is 0 Å². The van der Waals surface area contributed by atoms with Crippen molar-refractivity contribution in [1.82, 2.24) is 0 Å². The summed E-state index contributed by atoms with van der Waals surface area (Å²) in [5, 5.41) is 0.464. The highest BCUT2D eigenvalue weighted by atomic mass is 32.1. The highest BCUT2D eigenvalue weighted by Crippen LogP contribution is 2.56. The average Bonchev–Trinajstić information content (AvgIpc) is 3.26. The van der Waals surface area contributed by atoms with Gasteiger partial charge in [-0.15, -0.1) is 0 Å². The summed E-state index contributed by atoms with van der Waals surface area (Å²) in [5.41, 5.74) is 7.13. The van der Waals surface area contributed by atoms with Gasteiger partial charge in [-0.25, -0.2) is 0 Å². The number of hydrogen-bond donors (Lipinski definition) is 2. The van der Waals surface area contributed by atoms with Gasteiger partial charge in [0.25, 0.3) is 0 Å². The van der Waals surface area contributed by atoms with Gasteiger partial charge >= 0.3 is 0 Å². The van der Waals surface area contributed by atoms with Crippen LogP contribution in [0.2, 0.25) is 0 Å². The molecule has 4 aromatic rings. The summed E-state index contributed by atoms with van der Waals surface area (Å²) in [5.74, 6) is 1.74. The Morgan fingerprint density at radius 2 is 0.946 bits per heavy atom. The van der Waals surface area contributed by atoms with Gasteiger partial charge in [-0.05, 0) is 70.5 Å². The molecule has 0 heterocycles. The van der Waals surface area contributed by atoms with Gasteiger partial charge in [0.05, 0.1) is 18.6 Å². The predicted octanol–water partition coefficient (Wildman–Crippen LogP) is 8.22. The molecule has 4 heteroatoms. The first-order valence-corrected chi connectivity index (χ1v) is 14.1. The smallest absolute Gasteiger partial charge is 0.119 e. The number of benzene rings is 4. The first-order chi connectivity index (χ1) is 18.1. The molecule has 190 valence electrons. The molecule has 0 N–H and O–H groups in total. The zero-order valence-corrected chi connectivity index (χ0v) is 23.2. The zero-order valence-electron chi connectivity index (χ0n) is 21.4. The van der Waals surface area contributed by atoms with Crippen molar-refractivity contribution < 1.29 is 9.47 Å². The van der Waals surface area contributed by atoms with Crippen LogP contribution in [0.5, 0.6) is 11.5 Å². The first kappa shape index (κ1) is 25.8. The van der Waals surface area contributed by atoms with Gasteiger partial charge in [0.1, 0.15) is 11.5 Å². The Morgan fingerprint density at radius 3 is 1.32 bits per heavy atom. The van der Waals surface area contributed by atoms with E-state index >= 15 is 0 Å². The van der Waals surface area contributed by atoms with Crippen LogP contribution >= 0.6 is 25.3 Å². The van der Waals surface area contributed by atoms with E-state index in [1.165, 1.54) is 33.4 Å². The van der Waals surface area contributed by atoms with Gasteiger partial charge in [0, 0.05) is 10.5 Å². The maximum atomic E-state index is 6.03. The molecular formula is C33H34O2S2. The largest absolute Gasteiger partial charge is 0.492 e. The van der Waals surface area contributed by atoms with Gasteiger partial charge in [-0.3, -0.25) is 0 Å². The Kier molecular flexibility index (Phi) is 7.87. The van der Waals surface area contributed by atoms with Gasteiger partial charge in [-0.1, -0.05) is 86.6 Å². The monoisotopic (exact) mass is 526 g/mol. The van der Waals surface area contributed by atoms with Crippen molar-refractivity contribution in [3.05, 3.63) is 119 Å². The van der Waals surface area contributed by atoms with E-state index < -0.39 is 5.41 Å². The summed E-state index contributed by atoms with van der Waals surface area (Å²) in [6, 6.07) is 34.8. The highest BCUT2D eigenvalue weighted by Gasteiger charge is 2.45. The van der Waals surface area contributed by atoms with E-state index in [0.717, 1.165) is 24.3 Å². The minimum atomic E-state index is -0.435. The molecule has 1 aliphatic rings. The van der Waals surface area contributed by atoms with Gasteiger partial charge in [0.2, 0.25) is 0 Å². The van der Waals surface area contributed by atoms with Crippen LogP contribution in [0, 0.1) is 0 Å². The third kappa shape index (κ3) is 4.89. The van der Waals surface area contributed by atoms with Crippen molar-refractivity contribution in [3.63, 3.8) is 0 Å². The Bertz CT molecular complexity index is 1230. The van der Waals surface area contributed by atoms with Gasteiger partial charge in [-0.2, -0.15) is 25.3 Å².